The van der Waals surface area contributed by atoms with Gasteiger partial charge in [0, 0.05) is 36.8 Å². The zero-order chi connectivity index (χ0) is 21.8. The fourth-order valence-corrected chi connectivity index (χ4v) is 4.46. The van der Waals surface area contributed by atoms with Crippen molar-refractivity contribution in [1.29, 1.82) is 0 Å². The molecule has 0 spiro atoms. The first-order chi connectivity index (χ1) is 13.5. The molecule has 0 heterocycles. The molecule has 29 heavy (non-hydrogen) atoms. The SMILES string of the molecule is C/N=C/c1cc(C)ccc1Pc1cc(C(C)(C)C)cc(C(C)(C)C)c1OCOC. The van der Waals surface area contributed by atoms with Gasteiger partial charge in [0.2, 0.25) is 0 Å². The van der Waals surface area contributed by atoms with Crippen molar-refractivity contribution in [2.45, 2.75) is 59.3 Å². The van der Waals surface area contributed by atoms with Crippen molar-refractivity contribution in [1.82, 2.24) is 0 Å². The summed E-state index contributed by atoms with van der Waals surface area (Å²) in [6.07, 6.45) is 1.95. The second-order valence-corrected chi connectivity index (χ2v) is 10.9. The summed E-state index contributed by atoms with van der Waals surface area (Å²) >= 11 is 0. The van der Waals surface area contributed by atoms with Crippen LogP contribution < -0.4 is 15.3 Å². The lowest BCUT2D eigenvalue weighted by atomic mass is 9.80. The number of benzene rings is 2. The van der Waals surface area contributed by atoms with Crippen LogP contribution in [-0.4, -0.2) is 27.2 Å². The third kappa shape index (κ3) is 6.14. The van der Waals surface area contributed by atoms with Gasteiger partial charge in [-0.2, -0.15) is 0 Å². The molecule has 0 fully saturated rings. The molecule has 0 N–H and O–H groups in total. The van der Waals surface area contributed by atoms with Crippen LogP contribution in [0.2, 0.25) is 0 Å². The van der Waals surface area contributed by atoms with Gasteiger partial charge in [-0.1, -0.05) is 73.9 Å². The van der Waals surface area contributed by atoms with E-state index in [1.165, 1.54) is 32.9 Å². The van der Waals surface area contributed by atoms with E-state index in [2.05, 4.69) is 83.8 Å². The normalized spacial score (nSPS) is 13.0. The van der Waals surface area contributed by atoms with Gasteiger partial charge >= 0.3 is 0 Å². The highest BCUT2D eigenvalue weighted by molar-refractivity contribution is 7.56. The van der Waals surface area contributed by atoms with E-state index in [9.17, 15) is 0 Å². The molecule has 0 aliphatic rings. The summed E-state index contributed by atoms with van der Waals surface area (Å²) in [7, 11) is 3.96. The van der Waals surface area contributed by atoms with E-state index in [1.54, 1.807) is 7.11 Å². The van der Waals surface area contributed by atoms with E-state index in [1.807, 2.05) is 13.3 Å². The number of ether oxygens (including phenoxy) is 2. The van der Waals surface area contributed by atoms with Crippen LogP contribution >= 0.6 is 8.58 Å². The number of aliphatic imine (C=N–C) groups is 1. The minimum Gasteiger partial charge on any atom is -0.467 e. The molecule has 0 radical (unpaired) electrons. The van der Waals surface area contributed by atoms with Gasteiger partial charge < -0.3 is 9.47 Å². The quantitative estimate of drug-likeness (QED) is 0.368. The highest BCUT2D eigenvalue weighted by Crippen LogP contribution is 2.37. The summed E-state index contributed by atoms with van der Waals surface area (Å²) in [5.74, 6) is 0.950. The summed E-state index contributed by atoms with van der Waals surface area (Å²) in [5.41, 5.74) is 4.98. The van der Waals surface area contributed by atoms with Crippen LogP contribution in [0.5, 0.6) is 5.75 Å². The van der Waals surface area contributed by atoms with Gasteiger partial charge in [-0.05, 0) is 40.8 Å². The fourth-order valence-electron chi connectivity index (χ4n) is 3.17. The second-order valence-electron chi connectivity index (χ2n) is 9.55. The van der Waals surface area contributed by atoms with E-state index >= 15 is 0 Å². The highest BCUT2D eigenvalue weighted by atomic mass is 31.1. The molecule has 0 saturated carbocycles. The molecule has 4 heteroatoms. The van der Waals surface area contributed by atoms with E-state index in [0.717, 1.165) is 5.75 Å². The highest BCUT2D eigenvalue weighted by Gasteiger charge is 2.26. The lowest BCUT2D eigenvalue weighted by Gasteiger charge is -2.29. The standard InChI is InChI=1S/C25H36NO2P/c1-17-10-11-21(18(12-17)15-26-8)29-22-14-19(24(2,3)4)13-20(25(5,6)7)23(22)28-16-27-9/h10-15,29H,16H2,1-9H3/b26-15+. The fraction of sp³-hybridized carbons (Fsp3) is 0.480. The topological polar surface area (TPSA) is 30.8 Å². The number of methoxy groups -OCH3 is 1. The van der Waals surface area contributed by atoms with Crippen LogP contribution in [0.4, 0.5) is 0 Å². The summed E-state index contributed by atoms with van der Waals surface area (Å²) in [6.45, 7) is 15.9. The molecule has 0 aromatic heterocycles. The first-order valence-electron chi connectivity index (χ1n) is 10.1. The molecule has 1 atom stereocenters. The van der Waals surface area contributed by atoms with Crippen LogP contribution in [0.1, 0.15) is 63.8 Å². The average molecular weight is 414 g/mol. The predicted molar refractivity (Wildman–Crippen MR) is 129 cm³/mol. The molecule has 2 rings (SSSR count). The maximum absolute atomic E-state index is 6.16. The summed E-state index contributed by atoms with van der Waals surface area (Å²) in [6, 6.07) is 11.2. The monoisotopic (exact) mass is 413 g/mol. The van der Waals surface area contributed by atoms with E-state index < -0.39 is 0 Å². The lowest BCUT2D eigenvalue weighted by Crippen LogP contribution is -2.24. The second kappa shape index (κ2) is 9.41. The molecule has 0 saturated heterocycles. The molecule has 0 aliphatic heterocycles. The third-order valence-corrected chi connectivity index (χ3v) is 6.19. The van der Waals surface area contributed by atoms with Crippen LogP contribution in [0.3, 0.4) is 0 Å². The molecule has 2 aromatic rings. The van der Waals surface area contributed by atoms with Gasteiger partial charge in [-0.3, -0.25) is 4.99 Å². The van der Waals surface area contributed by atoms with Gasteiger partial charge in [0.25, 0.3) is 0 Å². The summed E-state index contributed by atoms with van der Waals surface area (Å²) in [5, 5.41) is 2.49. The van der Waals surface area contributed by atoms with Crippen molar-refractivity contribution in [2.24, 2.45) is 4.99 Å². The van der Waals surface area contributed by atoms with Gasteiger partial charge in [0.1, 0.15) is 5.75 Å². The van der Waals surface area contributed by atoms with Gasteiger partial charge in [-0.15, -0.1) is 0 Å². The van der Waals surface area contributed by atoms with Gasteiger partial charge in [0.15, 0.2) is 6.79 Å². The Morgan fingerprint density at radius 3 is 2.21 bits per heavy atom. The molecule has 0 aliphatic carbocycles. The Bertz CT molecular complexity index is 874. The van der Waals surface area contributed by atoms with Crippen LogP contribution in [0.15, 0.2) is 35.3 Å². The van der Waals surface area contributed by atoms with Crippen molar-refractivity contribution in [3.63, 3.8) is 0 Å². The maximum atomic E-state index is 6.16. The molecule has 0 amide bonds. The van der Waals surface area contributed by atoms with Crippen LogP contribution in [-0.2, 0) is 15.6 Å². The first kappa shape index (κ1) is 23.6. The largest absolute Gasteiger partial charge is 0.467 e. The van der Waals surface area contributed by atoms with Crippen LogP contribution in [0.25, 0.3) is 0 Å². The van der Waals surface area contributed by atoms with Crippen molar-refractivity contribution in [3.05, 3.63) is 52.6 Å². The van der Waals surface area contributed by atoms with Crippen molar-refractivity contribution in [2.75, 3.05) is 21.0 Å². The summed E-state index contributed by atoms with van der Waals surface area (Å²) < 4.78 is 11.4. The predicted octanol–water partition coefficient (Wildman–Crippen LogP) is 5.25. The number of aryl methyl sites for hydroxylation is 1. The zero-order valence-corrected chi connectivity index (χ0v) is 20.4. The number of nitrogens with zero attached hydrogens (tertiary/aromatic N) is 1. The Labute approximate surface area is 178 Å². The zero-order valence-electron chi connectivity index (χ0n) is 19.4. The molecule has 3 nitrogen and oxygen atoms in total. The molecule has 0 bridgehead atoms. The average Bonchev–Trinajstić information content (AvgIpc) is 2.61. The molecular weight excluding hydrogens is 377 g/mol. The first-order valence-corrected chi connectivity index (χ1v) is 11.1. The Morgan fingerprint density at radius 2 is 1.66 bits per heavy atom. The molecule has 158 valence electrons. The van der Waals surface area contributed by atoms with Crippen LogP contribution in [0, 0.1) is 6.92 Å². The van der Waals surface area contributed by atoms with Crippen molar-refractivity contribution >= 4 is 25.4 Å². The van der Waals surface area contributed by atoms with E-state index in [-0.39, 0.29) is 17.6 Å². The smallest absolute Gasteiger partial charge is 0.188 e. The lowest BCUT2D eigenvalue weighted by molar-refractivity contribution is 0.0506. The van der Waals surface area contributed by atoms with Crippen molar-refractivity contribution < 1.29 is 9.47 Å². The van der Waals surface area contributed by atoms with E-state index in [4.69, 9.17) is 9.47 Å². The van der Waals surface area contributed by atoms with Gasteiger partial charge in [0.05, 0.1) is 0 Å². The van der Waals surface area contributed by atoms with Crippen molar-refractivity contribution in [3.8, 4) is 5.75 Å². The molecule has 2 aromatic carbocycles. The molecular formula is C25H36NO2P. The Morgan fingerprint density at radius 1 is 0.966 bits per heavy atom. The maximum Gasteiger partial charge on any atom is 0.188 e. The Balaban J connectivity index is 2.71. The summed E-state index contributed by atoms with van der Waals surface area (Å²) in [4.78, 5) is 4.26. The minimum atomic E-state index is -0.0372. The Kier molecular flexibility index (Phi) is 7.65. The Hall–Kier alpha value is -1.70. The van der Waals surface area contributed by atoms with E-state index in [0.29, 0.717) is 8.58 Å². The number of rotatable bonds is 6. The third-order valence-electron chi connectivity index (χ3n) is 4.83. The number of hydrogen-bond donors (Lipinski definition) is 0. The molecule has 1 unspecified atom stereocenters. The van der Waals surface area contributed by atoms with Gasteiger partial charge in [-0.25, -0.2) is 0 Å². The minimum absolute atomic E-state index is 0.0372. The number of hydrogen-bond acceptors (Lipinski definition) is 3.